The van der Waals surface area contributed by atoms with E-state index in [9.17, 15) is 9.59 Å². The Morgan fingerprint density at radius 3 is 2.78 bits per heavy atom. The lowest BCUT2D eigenvalue weighted by molar-refractivity contribution is -0.0211. The first kappa shape index (κ1) is 16.2. The van der Waals surface area contributed by atoms with Crippen LogP contribution in [0.1, 0.15) is 31.7 Å². The number of carboxylic acids is 1. The predicted molar refractivity (Wildman–Crippen MR) is 90.0 cm³/mol. The molecule has 0 spiro atoms. The van der Waals surface area contributed by atoms with Crippen LogP contribution < -0.4 is 0 Å². The number of morpholine rings is 1. The predicted octanol–water partition coefficient (Wildman–Crippen LogP) is 3.42. The minimum Gasteiger partial charge on any atom is -0.478 e. The highest BCUT2D eigenvalue weighted by Crippen LogP contribution is 2.27. The summed E-state index contributed by atoms with van der Waals surface area (Å²) in [4.78, 5) is 26.6. The van der Waals surface area contributed by atoms with E-state index in [-0.39, 0.29) is 17.6 Å². The Labute approximate surface area is 145 Å². The molecule has 23 heavy (non-hydrogen) atoms. The van der Waals surface area contributed by atoms with Gasteiger partial charge in [0.15, 0.2) is 0 Å². The molecule has 3 rings (SSSR count). The van der Waals surface area contributed by atoms with Crippen LogP contribution in [0.15, 0.2) is 40.2 Å². The smallest absolute Gasteiger partial charge is 0.335 e. The van der Waals surface area contributed by atoms with Gasteiger partial charge in [0, 0.05) is 21.5 Å². The van der Waals surface area contributed by atoms with Crippen LogP contribution >= 0.6 is 27.3 Å². The van der Waals surface area contributed by atoms with Crippen molar-refractivity contribution in [3.63, 3.8) is 0 Å². The van der Waals surface area contributed by atoms with E-state index < -0.39 is 5.97 Å². The minimum absolute atomic E-state index is 0.0887. The van der Waals surface area contributed by atoms with Crippen molar-refractivity contribution in [3.8, 4) is 0 Å². The molecule has 1 aromatic carbocycles. The molecule has 1 fully saturated rings. The van der Waals surface area contributed by atoms with E-state index in [1.54, 1.807) is 22.3 Å². The number of benzene rings is 1. The highest BCUT2D eigenvalue weighted by molar-refractivity contribution is 9.10. The van der Waals surface area contributed by atoms with Crippen LogP contribution in [0.25, 0.3) is 0 Å². The molecule has 5 nitrogen and oxygen atoms in total. The largest absolute Gasteiger partial charge is 0.478 e. The van der Waals surface area contributed by atoms with Crippen molar-refractivity contribution >= 4 is 39.1 Å². The zero-order valence-corrected chi connectivity index (χ0v) is 14.5. The Hall–Kier alpha value is -1.70. The van der Waals surface area contributed by atoms with Gasteiger partial charge in [-0.15, -0.1) is 11.3 Å². The van der Waals surface area contributed by atoms with Gasteiger partial charge < -0.3 is 14.7 Å². The molecular formula is C16H14BrNO4S. The number of nitrogens with zero attached hydrogens (tertiary/aromatic N) is 1. The third kappa shape index (κ3) is 3.63. The van der Waals surface area contributed by atoms with Crippen LogP contribution in [0.5, 0.6) is 0 Å². The topological polar surface area (TPSA) is 66.8 Å². The Bertz CT molecular complexity index is 732. The van der Waals surface area contributed by atoms with Crippen molar-refractivity contribution in [2.45, 2.75) is 6.10 Å². The molecule has 1 amide bonds. The number of carbonyl (C=O) groups excluding carboxylic acids is 1. The summed E-state index contributed by atoms with van der Waals surface area (Å²) < 4.78 is 6.31. The number of carboxylic acid groups (broad SMARTS) is 1. The average molecular weight is 396 g/mol. The fourth-order valence-corrected chi connectivity index (χ4v) is 3.76. The molecule has 0 aliphatic carbocycles. The van der Waals surface area contributed by atoms with Crippen LogP contribution in [0.4, 0.5) is 0 Å². The Balaban J connectivity index is 1.81. The van der Waals surface area contributed by atoms with Crippen LogP contribution in [0.3, 0.4) is 0 Å². The summed E-state index contributed by atoms with van der Waals surface area (Å²) in [7, 11) is 0. The van der Waals surface area contributed by atoms with Gasteiger partial charge in [-0.1, -0.05) is 22.0 Å². The Morgan fingerprint density at radius 2 is 2.09 bits per heavy atom. The van der Waals surface area contributed by atoms with Crippen molar-refractivity contribution in [3.05, 3.63) is 56.2 Å². The zero-order chi connectivity index (χ0) is 16.4. The Morgan fingerprint density at radius 1 is 1.30 bits per heavy atom. The molecule has 1 aliphatic heterocycles. The third-order valence-corrected chi connectivity index (χ3v) is 5.03. The molecule has 1 unspecified atom stereocenters. The third-order valence-electron chi connectivity index (χ3n) is 3.61. The molecule has 1 atom stereocenters. The lowest BCUT2D eigenvalue weighted by atomic mass is 10.1. The molecule has 0 saturated carbocycles. The molecule has 0 radical (unpaired) electrons. The lowest BCUT2D eigenvalue weighted by Crippen LogP contribution is -2.42. The highest BCUT2D eigenvalue weighted by atomic mass is 79.9. The minimum atomic E-state index is -1.06. The SMILES string of the molecule is O=C(O)c1cc(Br)cc(C(=O)N2CCOC(c3cccs3)C2)c1. The Kier molecular flexibility index (Phi) is 4.79. The molecular weight excluding hydrogens is 382 g/mol. The monoisotopic (exact) mass is 395 g/mol. The average Bonchev–Trinajstić information content (AvgIpc) is 3.08. The molecule has 1 N–H and O–H groups in total. The van der Waals surface area contributed by atoms with Crippen molar-refractivity contribution in [2.75, 3.05) is 19.7 Å². The van der Waals surface area contributed by atoms with Gasteiger partial charge in [0.05, 0.1) is 18.7 Å². The number of aromatic carboxylic acids is 1. The summed E-state index contributed by atoms with van der Waals surface area (Å²) >= 11 is 4.86. The molecule has 1 aliphatic rings. The number of hydrogen-bond donors (Lipinski definition) is 1. The van der Waals surface area contributed by atoms with Gasteiger partial charge in [-0.2, -0.15) is 0 Å². The summed E-state index contributed by atoms with van der Waals surface area (Å²) in [5.74, 6) is -1.24. The first-order chi connectivity index (χ1) is 11.0. The summed E-state index contributed by atoms with van der Waals surface area (Å²) in [5.41, 5.74) is 0.453. The van der Waals surface area contributed by atoms with Crippen molar-refractivity contribution in [1.82, 2.24) is 4.90 Å². The molecule has 2 aromatic rings. The second-order valence-corrected chi connectivity index (χ2v) is 7.05. The molecule has 7 heteroatoms. The number of amides is 1. The van der Waals surface area contributed by atoms with Crippen molar-refractivity contribution in [1.29, 1.82) is 0 Å². The first-order valence-corrected chi connectivity index (χ1v) is 8.70. The van der Waals surface area contributed by atoms with Crippen LogP contribution in [-0.4, -0.2) is 41.6 Å². The number of ether oxygens (including phenoxy) is 1. The molecule has 2 heterocycles. The zero-order valence-electron chi connectivity index (χ0n) is 12.1. The normalized spacial score (nSPS) is 18.0. The maximum Gasteiger partial charge on any atom is 0.335 e. The van der Waals surface area contributed by atoms with Crippen LogP contribution in [0.2, 0.25) is 0 Å². The van der Waals surface area contributed by atoms with Crippen molar-refractivity contribution < 1.29 is 19.4 Å². The molecule has 1 saturated heterocycles. The summed E-state index contributed by atoms with van der Waals surface area (Å²) in [6, 6.07) is 8.48. The van der Waals surface area contributed by atoms with E-state index >= 15 is 0 Å². The molecule has 120 valence electrons. The van der Waals surface area contributed by atoms with Gasteiger partial charge in [-0.3, -0.25) is 4.79 Å². The van der Waals surface area contributed by atoms with E-state index in [1.807, 2.05) is 17.5 Å². The number of halogens is 1. The van der Waals surface area contributed by atoms with Gasteiger partial charge in [0.2, 0.25) is 0 Å². The first-order valence-electron chi connectivity index (χ1n) is 7.03. The van der Waals surface area contributed by atoms with Gasteiger partial charge >= 0.3 is 5.97 Å². The number of carbonyl (C=O) groups is 2. The quantitative estimate of drug-likeness (QED) is 0.864. The maximum absolute atomic E-state index is 12.7. The van der Waals surface area contributed by atoms with E-state index in [4.69, 9.17) is 9.84 Å². The van der Waals surface area contributed by atoms with E-state index in [0.717, 1.165) is 4.88 Å². The van der Waals surface area contributed by atoms with Gasteiger partial charge in [-0.05, 0) is 29.6 Å². The van der Waals surface area contributed by atoms with Crippen molar-refractivity contribution in [2.24, 2.45) is 0 Å². The lowest BCUT2D eigenvalue weighted by Gasteiger charge is -2.32. The summed E-state index contributed by atoms with van der Waals surface area (Å²) in [6.45, 7) is 1.43. The standard InChI is InChI=1S/C16H14BrNO4S/c17-12-7-10(6-11(8-12)16(20)21)15(19)18-3-4-22-13(9-18)14-2-1-5-23-14/h1-2,5-8,13H,3-4,9H2,(H,20,21). The van der Waals surface area contributed by atoms with E-state index in [2.05, 4.69) is 15.9 Å². The molecule has 1 aromatic heterocycles. The fourth-order valence-electron chi connectivity index (χ4n) is 2.50. The van der Waals surface area contributed by atoms with E-state index in [0.29, 0.717) is 29.7 Å². The maximum atomic E-state index is 12.7. The number of hydrogen-bond acceptors (Lipinski definition) is 4. The van der Waals surface area contributed by atoms with Gasteiger partial charge in [0.1, 0.15) is 6.10 Å². The summed E-state index contributed by atoms with van der Waals surface area (Å²) in [6.07, 6.45) is -0.126. The van der Waals surface area contributed by atoms with E-state index in [1.165, 1.54) is 12.1 Å². The second kappa shape index (κ2) is 6.82. The number of rotatable bonds is 3. The number of thiophene rings is 1. The fraction of sp³-hybridized carbons (Fsp3) is 0.250. The van der Waals surface area contributed by atoms with Crippen LogP contribution in [0, 0.1) is 0 Å². The highest BCUT2D eigenvalue weighted by Gasteiger charge is 2.27. The van der Waals surface area contributed by atoms with Crippen LogP contribution in [-0.2, 0) is 4.74 Å². The second-order valence-electron chi connectivity index (χ2n) is 5.16. The van der Waals surface area contributed by atoms with Gasteiger partial charge in [0.25, 0.3) is 5.91 Å². The van der Waals surface area contributed by atoms with Gasteiger partial charge in [-0.25, -0.2) is 4.79 Å². The summed E-state index contributed by atoms with van der Waals surface area (Å²) in [5, 5.41) is 11.1. The molecule has 0 bridgehead atoms.